The first-order chi connectivity index (χ1) is 6.73. The van der Waals surface area contributed by atoms with Crippen LogP contribution in [0.2, 0.25) is 0 Å². The van der Waals surface area contributed by atoms with Crippen molar-refractivity contribution in [3.05, 3.63) is 0 Å². The van der Waals surface area contributed by atoms with Crippen LogP contribution in [-0.4, -0.2) is 43.3 Å². The molecule has 3 nitrogen and oxygen atoms in total. The molecule has 0 saturated carbocycles. The maximum absolute atomic E-state index is 5.89. The lowest BCUT2D eigenvalue weighted by molar-refractivity contribution is 0.0874. The number of rotatable bonds is 4. The van der Waals surface area contributed by atoms with E-state index in [4.69, 9.17) is 10.5 Å². The van der Waals surface area contributed by atoms with Gasteiger partial charge in [-0.05, 0) is 19.8 Å². The van der Waals surface area contributed by atoms with E-state index in [0.29, 0.717) is 0 Å². The zero-order valence-corrected chi connectivity index (χ0v) is 9.59. The quantitative estimate of drug-likeness (QED) is 0.741. The van der Waals surface area contributed by atoms with Gasteiger partial charge in [-0.3, -0.25) is 4.90 Å². The highest BCUT2D eigenvalue weighted by Gasteiger charge is 2.29. The van der Waals surface area contributed by atoms with E-state index >= 15 is 0 Å². The van der Waals surface area contributed by atoms with Crippen LogP contribution in [0.4, 0.5) is 0 Å². The normalized spacial score (nSPS) is 24.2. The lowest BCUT2D eigenvalue weighted by atomic mass is 9.93. The zero-order chi connectivity index (χ0) is 10.4. The number of hydrogen-bond donors (Lipinski definition) is 1. The summed E-state index contributed by atoms with van der Waals surface area (Å²) in [6.45, 7) is 9.19. The maximum atomic E-state index is 5.89. The largest absolute Gasteiger partial charge is 0.380 e. The Morgan fingerprint density at radius 2 is 2.14 bits per heavy atom. The molecule has 1 saturated heterocycles. The van der Waals surface area contributed by atoms with Crippen LogP contribution in [0.5, 0.6) is 0 Å². The van der Waals surface area contributed by atoms with Crippen LogP contribution in [0.1, 0.15) is 33.1 Å². The fourth-order valence-electron chi connectivity index (χ4n) is 2.21. The molecule has 1 atom stereocenters. The van der Waals surface area contributed by atoms with Gasteiger partial charge in [0.25, 0.3) is 0 Å². The molecule has 3 heteroatoms. The molecular formula is C11H24N2O. The van der Waals surface area contributed by atoms with E-state index in [0.717, 1.165) is 39.3 Å². The molecule has 1 aliphatic heterocycles. The van der Waals surface area contributed by atoms with E-state index in [1.54, 1.807) is 0 Å². The fourth-order valence-corrected chi connectivity index (χ4v) is 2.21. The molecule has 0 amide bonds. The minimum absolute atomic E-state index is 0.183. The molecule has 1 fully saturated rings. The standard InChI is InChI=1S/C11H24N2O/c1-3-5-11(2,10-12)13-6-4-8-14-9-7-13/h3-10,12H2,1-2H3. The van der Waals surface area contributed by atoms with Gasteiger partial charge in [-0.25, -0.2) is 0 Å². The average Bonchev–Trinajstić information content (AvgIpc) is 2.46. The Bertz CT molecular complexity index is 155. The summed E-state index contributed by atoms with van der Waals surface area (Å²) < 4.78 is 5.46. The van der Waals surface area contributed by atoms with E-state index < -0.39 is 0 Å². The molecule has 1 unspecified atom stereocenters. The van der Waals surface area contributed by atoms with Crippen molar-refractivity contribution in [2.75, 3.05) is 32.8 Å². The number of nitrogens with zero attached hydrogens (tertiary/aromatic N) is 1. The van der Waals surface area contributed by atoms with Crippen LogP contribution < -0.4 is 5.73 Å². The van der Waals surface area contributed by atoms with Crippen LogP contribution in [-0.2, 0) is 4.74 Å². The topological polar surface area (TPSA) is 38.5 Å². The second kappa shape index (κ2) is 5.69. The first-order valence-electron chi connectivity index (χ1n) is 5.76. The molecule has 1 aliphatic rings. The predicted molar refractivity (Wildman–Crippen MR) is 59.4 cm³/mol. The minimum atomic E-state index is 0.183. The summed E-state index contributed by atoms with van der Waals surface area (Å²) in [6.07, 6.45) is 3.52. The average molecular weight is 200 g/mol. The Morgan fingerprint density at radius 3 is 2.79 bits per heavy atom. The fraction of sp³-hybridized carbons (Fsp3) is 1.00. The molecule has 0 aromatic rings. The molecule has 84 valence electrons. The van der Waals surface area contributed by atoms with Gasteiger partial charge < -0.3 is 10.5 Å². The SMILES string of the molecule is CCCC(C)(CN)N1CCCOCC1. The first-order valence-corrected chi connectivity index (χ1v) is 5.76. The van der Waals surface area contributed by atoms with Crippen LogP contribution in [0.25, 0.3) is 0 Å². The van der Waals surface area contributed by atoms with E-state index in [1.807, 2.05) is 0 Å². The third-order valence-corrected chi connectivity index (χ3v) is 3.21. The van der Waals surface area contributed by atoms with Crippen molar-refractivity contribution in [1.29, 1.82) is 0 Å². The predicted octanol–water partition coefficient (Wildman–Crippen LogP) is 1.23. The number of ether oxygens (including phenoxy) is 1. The summed E-state index contributed by atoms with van der Waals surface area (Å²) >= 11 is 0. The molecule has 2 N–H and O–H groups in total. The van der Waals surface area contributed by atoms with Crippen molar-refractivity contribution in [3.63, 3.8) is 0 Å². The molecule has 0 radical (unpaired) electrons. The Balaban J connectivity index is 2.56. The van der Waals surface area contributed by atoms with Crippen LogP contribution in [0.3, 0.4) is 0 Å². The second-order valence-corrected chi connectivity index (χ2v) is 4.40. The van der Waals surface area contributed by atoms with Crippen LogP contribution in [0.15, 0.2) is 0 Å². The zero-order valence-electron chi connectivity index (χ0n) is 9.59. The van der Waals surface area contributed by atoms with Gasteiger partial charge in [-0.1, -0.05) is 13.3 Å². The highest BCUT2D eigenvalue weighted by molar-refractivity contribution is 4.87. The molecule has 1 rings (SSSR count). The third-order valence-electron chi connectivity index (χ3n) is 3.21. The Hall–Kier alpha value is -0.120. The van der Waals surface area contributed by atoms with Crippen molar-refractivity contribution in [3.8, 4) is 0 Å². The van der Waals surface area contributed by atoms with Crippen LogP contribution in [0, 0.1) is 0 Å². The van der Waals surface area contributed by atoms with E-state index in [1.165, 1.54) is 12.8 Å². The van der Waals surface area contributed by atoms with E-state index in [9.17, 15) is 0 Å². The molecule has 0 aliphatic carbocycles. The lowest BCUT2D eigenvalue weighted by Gasteiger charge is -2.39. The number of hydrogen-bond acceptors (Lipinski definition) is 3. The van der Waals surface area contributed by atoms with Crippen molar-refractivity contribution >= 4 is 0 Å². The third kappa shape index (κ3) is 2.94. The maximum Gasteiger partial charge on any atom is 0.0593 e. The second-order valence-electron chi connectivity index (χ2n) is 4.40. The van der Waals surface area contributed by atoms with Crippen molar-refractivity contribution in [2.24, 2.45) is 5.73 Å². The van der Waals surface area contributed by atoms with Gasteiger partial charge in [0.1, 0.15) is 0 Å². The number of nitrogens with two attached hydrogens (primary N) is 1. The summed E-state index contributed by atoms with van der Waals surface area (Å²) in [5.74, 6) is 0. The van der Waals surface area contributed by atoms with Gasteiger partial charge in [-0.2, -0.15) is 0 Å². The molecule has 1 heterocycles. The van der Waals surface area contributed by atoms with Gasteiger partial charge in [0, 0.05) is 31.8 Å². The monoisotopic (exact) mass is 200 g/mol. The smallest absolute Gasteiger partial charge is 0.0593 e. The van der Waals surface area contributed by atoms with Crippen LogP contribution >= 0.6 is 0 Å². The van der Waals surface area contributed by atoms with Gasteiger partial charge in [0.05, 0.1) is 6.61 Å². The summed E-state index contributed by atoms with van der Waals surface area (Å²) in [6, 6.07) is 0. The summed E-state index contributed by atoms with van der Waals surface area (Å²) in [5, 5.41) is 0. The highest BCUT2D eigenvalue weighted by Crippen LogP contribution is 2.21. The Morgan fingerprint density at radius 1 is 1.36 bits per heavy atom. The molecule has 0 bridgehead atoms. The summed E-state index contributed by atoms with van der Waals surface area (Å²) in [5.41, 5.74) is 6.08. The lowest BCUT2D eigenvalue weighted by Crippen LogP contribution is -2.52. The van der Waals surface area contributed by atoms with Gasteiger partial charge in [0.15, 0.2) is 0 Å². The molecule has 0 aromatic carbocycles. The van der Waals surface area contributed by atoms with Crippen molar-refractivity contribution < 1.29 is 4.74 Å². The van der Waals surface area contributed by atoms with E-state index in [-0.39, 0.29) is 5.54 Å². The van der Waals surface area contributed by atoms with Crippen molar-refractivity contribution in [1.82, 2.24) is 4.90 Å². The summed E-state index contributed by atoms with van der Waals surface area (Å²) in [7, 11) is 0. The summed E-state index contributed by atoms with van der Waals surface area (Å²) in [4.78, 5) is 2.50. The van der Waals surface area contributed by atoms with Gasteiger partial charge >= 0.3 is 0 Å². The first kappa shape index (κ1) is 12.0. The minimum Gasteiger partial charge on any atom is -0.380 e. The van der Waals surface area contributed by atoms with Gasteiger partial charge in [-0.15, -0.1) is 0 Å². The van der Waals surface area contributed by atoms with Crippen molar-refractivity contribution in [2.45, 2.75) is 38.6 Å². The molecule has 14 heavy (non-hydrogen) atoms. The highest BCUT2D eigenvalue weighted by atomic mass is 16.5. The molecular weight excluding hydrogens is 176 g/mol. The molecule has 0 aromatic heterocycles. The van der Waals surface area contributed by atoms with Gasteiger partial charge in [0.2, 0.25) is 0 Å². The molecule has 0 spiro atoms. The Labute approximate surface area is 87.6 Å². The Kier molecular flexibility index (Phi) is 4.85. The van der Waals surface area contributed by atoms with E-state index in [2.05, 4.69) is 18.7 Å².